The summed E-state index contributed by atoms with van der Waals surface area (Å²) >= 11 is 5.58. The van der Waals surface area contributed by atoms with E-state index < -0.39 is 38.7 Å². The number of rotatable bonds is 5. The number of hydrogen-bond donors (Lipinski definition) is 1. The summed E-state index contributed by atoms with van der Waals surface area (Å²) < 4.78 is 61.0. The smallest absolute Gasteiger partial charge is 0.298 e. The zero-order chi connectivity index (χ0) is 17.3. The van der Waals surface area contributed by atoms with Gasteiger partial charge in [-0.25, -0.2) is 13.6 Å². The Labute approximate surface area is 131 Å². The lowest BCUT2D eigenvalue weighted by atomic mass is 9.81. The van der Waals surface area contributed by atoms with Crippen molar-refractivity contribution in [3.63, 3.8) is 0 Å². The van der Waals surface area contributed by atoms with Gasteiger partial charge in [0.2, 0.25) is 10.0 Å². The van der Waals surface area contributed by atoms with E-state index in [1.54, 1.807) is 0 Å². The van der Waals surface area contributed by atoms with Crippen LogP contribution in [0.4, 0.5) is 13.2 Å². The van der Waals surface area contributed by atoms with Gasteiger partial charge in [-0.1, -0.05) is 31.5 Å². The van der Waals surface area contributed by atoms with Crippen LogP contribution in [0.2, 0.25) is 5.02 Å². The molecule has 0 amide bonds. The van der Waals surface area contributed by atoms with Crippen molar-refractivity contribution < 1.29 is 26.4 Å². The van der Waals surface area contributed by atoms with Crippen LogP contribution >= 0.6 is 11.6 Å². The fourth-order valence-electron chi connectivity index (χ4n) is 1.92. The SMILES string of the molecule is CC(C)(Cc1ccc(Cl)cc1C(F)(F)F)C(=O)CS(N)(=O)=O. The Morgan fingerprint density at radius 2 is 1.82 bits per heavy atom. The summed E-state index contributed by atoms with van der Waals surface area (Å²) in [5, 5.41) is 4.72. The Morgan fingerprint density at radius 1 is 1.27 bits per heavy atom. The Kier molecular flexibility index (Phi) is 5.31. The predicted octanol–water partition coefficient (Wildman–Crippen LogP) is 2.79. The normalized spacial score (nSPS) is 13.2. The standard InChI is InChI=1S/C13H15ClF3NO3S/c1-12(2,11(19)7-22(18,20)21)6-8-3-4-9(14)5-10(8)13(15,16)17/h3-5H,6-7H2,1-2H3,(H2,18,20,21). The number of primary sulfonamides is 1. The van der Waals surface area contributed by atoms with Gasteiger partial charge in [0.15, 0.2) is 5.78 Å². The number of alkyl halides is 3. The maximum atomic E-state index is 13.0. The first-order valence-electron chi connectivity index (χ1n) is 6.12. The molecule has 1 aromatic rings. The van der Waals surface area contributed by atoms with E-state index in [9.17, 15) is 26.4 Å². The highest BCUT2D eigenvalue weighted by Crippen LogP contribution is 2.36. The van der Waals surface area contributed by atoms with Crippen molar-refractivity contribution in [3.05, 3.63) is 34.3 Å². The topological polar surface area (TPSA) is 77.2 Å². The number of carbonyl (C=O) groups excluding carboxylic acids is 1. The highest BCUT2D eigenvalue weighted by molar-refractivity contribution is 7.89. The highest BCUT2D eigenvalue weighted by Gasteiger charge is 2.37. The number of Topliss-reactive ketones (excluding diaryl/α,β-unsaturated/α-hetero) is 1. The van der Waals surface area contributed by atoms with Gasteiger partial charge in [0.1, 0.15) is 5.75 Å². The first kappa shape index (κ1) is 18.9. The molecule has 1 aromatic carbocycles. The minimum Gasteiger partial charge on any atom is -0.298 e. The van der Waals surface area contributed by atoms with Gasteiger partial charge in [-0.2, -0.15) is 13.2 Å². The van der Waals surface area contributed by atoms with Gasteiger partial charge in [0.05, 0.1) is 5.56 Å². The molecule has 0 aliphatic heterocycles. The van der Waals surface area contributed by atoms with Gasteiger partial charge in [0.25, 0.3) is 0 Å². The van der Waals surface area contributed by atoms with Crippen LogP contribution in [0.3, 0.4) is 0 Å². The van der Waals surface area contributed by atoms with Crippen LogP contribution in [-0.4, -0.2) is 20.0 Å². The molecule has 0 aromatic heterocycles. The molecule has 0 spiro atoms. The minimum absolute atomic E-state index is 0.0789. The third kappa shape index (κ3) is 5.26. The summed E-state index contributed by atoms with van der Waals surface area (Å²) in [4.78, 5) is 11.9. The van der Waals surface area contributed by atoms with Crippen molar-refractivity contribution in [3.8, 4) is 0 Å². The van der Waals surface area contributed by atoms with E-state index in [1.165, 1.54) is 26.0 Å². The van der Waals surface area contributed by atoms with Gasteiger partial charge in [-0.15, -0.1) is 0 Å². The van der Waals surface area contributed by atoms with Crippen molar-refractivity contribution in [2.75, 3.05) is 5.75 Å². The van der Waals surface area contributed by atoms with Crippen LogP contribution in [-0.2, 0) is 27.4 Å². The van der Waals surface area contributed by atoms with Crippen molar-refractivity contribution >= 4 is 27.4 Å². The molecule has 1 rings (SSSR count). The summed E-state index contributed by atoms with van der Waals surface area (Å²) in [5.74, 6) is -1.67. The Morgan fingerprint density at radius 3 is 2.27 bits per heavy atom. The second-order valence-electron chi connectivity index (χ2n) is 5.59. The van der Waals surface area contributed by atoms with Crippen LogP contribution in [0.25, 0.3) is 0 Å². The molecule has 0 bridgehead atoms. The van der Waals surface area contributed by atoms with Gasteiger partial charge in [-0.05, 0) is 24.1 Å². The highest BCUT2D eigenvalue weighted by atomic mass is 35.5. The average molecular weight is 358 g/mol. The number of hydrogen-bond acceptors (Lipinski definition) is 3. The molecule has 0 radical (unpaired) electrons. The van der Waals surface area contributed by atoms with E-state index in [0.717, 1.165) is 6.07 Å². The van der Waals surface area contributed by atoms with Crippen molar-refractivity contribution in [2.45, 2.75) is 26.4 Å². The first-order valence-corrected chi connectivity index (χ1v) is 8.21. The fourth-order valence-corrected chi connectivity index (χ4v) is 2.85. The molecule has 22 heavy (non-hydrogen) atoms. The van der Waals surface area contributed by atoms with E-state index in [-0.39, 0.29) is 17.0 Å². The Hall–Kier alpha value is -1.12. The van der Waals surface area contributed by atoms with Crippen LogP contribution in [0.15, 0.2) is 18.2 Å². The molecule has 0 aliphatic rings. The molecule has 0 heterocycles. The van der Waals surface area contributed by atoms with Crippen molar-refractivity contribution in [1.29, 1.82) is 0 Å². The number of carbonyl (C=O) groups is 1. The summed E-state index contributed by atoms with van der Waals surface area (Å²) in [6, 6.07) is 3.24. The third-order valence-corrected chi connectivity index (χ3v) is 4.00. The maximum absolute atomic E-state index is 13.0. The molecule has 0 atom stereocenters. The lowest BCUT2D eigenvalue weighted by molar-refractivity contribution is -0.138. The molecule has 0 unspecified atom stereocenters. The number of ketones is 1. The van der Waals surface area contributed by atoms with E-state index in [1.807, 2.05) is 0 Å². The van der Waals surface area contributed by atoms with Crippen LogP contribution in [0.1, 0.15) is 25.0 Å². The number of benzene rings is 1. The van der Waals surface area contributed by atoms with E-state index in [2.05, 4.69) is 0 Å². The van der Waals surface area contributed by atoms with Gasteiger partial charge < -0.3 is 0 Å². The van der Waals surface area contributed by atoms with Crippen molar-refractivity contribution in [1.82, 2.24) is 0 Å². The lowest BCUT2D eigenvalue weighted by Crippen LogP contribution is -2.35. The summed E-state index contributed by atoms with van der Waals surface area (Å²) in [6.45, 7) is 2.74. The largest absolute Gasteiger partial charge is 0.416 e. The van der Waals surface area contributed by atoms with Gasteiger partial charge in [0, 0.05) is 10.4 Å². The first-order chi connectivity index (χ1) is 9.72. The van der Waals surface area contributed by atoms with Crippen LogP contribution < -0.4 is 5.14 Å². The van der Waals surface area contributed by atoms with E-state index in [4.69, 9.17) is 16.7 Å². The minimum atomic E-state index is -4.63. The maximum Gasteiger partial charge on any atom is 0.416 e. The molecule has 0 saturated heterocycles. The summed E-state index contributed by atoms with van der Waals surface area (Å²) in [7, 11) is -4.04. The fraction of sp³-hybridized carbons (Fsp3) is 0.462. The second kappa shape index (κ2) is 6.17. The average Bonchev–Trinajstić information content (AvgIpc) is 2.27. The zero-order valence-corrected chi connectivity index (χ0v) is 13.4. The number of sulfonamides is 1. The van der Waals surface area contributed by atoms with Crippen LogP contribution in [0.5, 0.6) is 0 Å². The monoisotopic (exact) mass is 357 g/mol. The third-order valence-electron chi connectivity index (χ3n) is 3.10. The summed E-state index contributed by atoms with van der Waals surface area (Å²) in [6.07, 6.45) is -4.91. The Balaban J connectivity index is 3.16. The van der Waals surface area contributed by atoms with E-state index >= 15 is 0 Å². The van der Waals surface area contributed by atoms with Crippen LogP contribution in [0, 0.1) is 5.41 Å². The predicted molar refractivity (Wildman–Crippen MR) is 76.9 cm³/mol. The molecular weight excluding hydrogens is 343 g/mol. The molecule has 0 aliphatic carbocycles. The molecular formula is C13H15ClF3NO3S. The number of nitrogens with two attached hydrogens (primary N) is 1. The molecule has 124 valence electrons. The zero-order valence-electron chi connectivity index (χ0n) is 11.9. The Bertz CT molecular complexity index is 684. The lowest BCUT2D eigenvalue weighted by Gasteiger charge is -2.24. The molecule has 4 nitrogen and oxygen atoms in total. The van der Waals surface area contributed by atoms with E-state index in [0.29, 0.717) is 0 Å². The molecule has 0 saturated carbocycles. The second-order valence-corrected chi connectivity index (χ2v) is 7.64. The molecule has 0 fully saturated rings. The molecule has 9 heteroatoms. The van der Waals surface area contributed by atoms with Gasteiger partial charge in [-0.3, -0.25) is 4.79 Å². The molecule has 2 N–H and O–H groups in total. The quantitative estimate of drug-likeness (QED) is 0.880. The number of halogens is 4. The van der Waals surface area contributed by atoms with Gasteiger partial charge >= 0.3 is 6.18 Å². The van der Waals surface area contributed by atoms with Crippen molar-refractivity contribution in [2.24, 2.45) is 10.6 Å². The summed E-state index contributed by atoms with van der Waals surface area (Å²) in [5.41, 5.74) is -2.40.